The fourth-order valence-electron chi connectivity index (χ4n) is 3.33. The molecule has 0 radical (unpaired) electrons. The average Bonchev–Trinajstić information content (AvgIpc) is 3.01. The number of carbonyl (C=O) groups excluding carboxylic acids is 3. The largest absolute Gasteiger partial charge is 0.322 e. The Labute approximate surface area is 177 Å². The van der Waals surface area contributed by atoms with Crippen molar-refractivity contribution in [2.45, 2.75) is 23.5 Å². The van der Waals surface area contributed by atoms with Gasteiger partial charge in [-0.15, -0.1) is 23.5 Å². The van der Waals surface area contributed by atoms with Crippen LogP contribution in [0.5, 0.6) is 0 Å². The van der Waals surface area contributed by atoms with E-state index in [4.69, 9.17) is 0 Å². The van der Waals surface area contributed by atoms with Gasteiger partial charge in [0, 0.05) is 11.3 Å². The standard InChI is InChI=1S/C21H21N3O3S2/c1-21(19(26)23-20(27)24-21)15-4-2-5-16(12-15)22-17(25)13-6-8-14(9-7-13)18-28-10-3-11-29-18/h2,4-9,12,18H,3,10-11H2,1H3,(H,22,25)(H2,23,24,26,27). The molecule has 150 valence electrons. The minimum Gasteiger partial charge on any atom is -0.322 e. The molecule has 1 atom stereocenters. The summed E-state index contributed by atoms with van der Waals surface area (Å²) in [4.78, 5) is 36.3. The van der Waals surface area contributed by atoms with Gasteiger partial charge in [-0.3, -0.25) is 14.9 Å². The second-order valence-corrected chi connectivity index (χ2v) is 9.84. The SMILES string of the molecule is CC1(c2cccc(NC(=O)c3ccc(C4SCCCS4)cc3)c2)NC(=O)NC1=O. The van der Waals surface area contributed by atoms with Crippen LogP contribution in [0, 0.1) is 0 Å². The van der Waals surface area contributed by atoms with Crippen LogP contribution in [0.25, 0.3) is 0 Å². The Morgan fingerprint density at radius 2 is 1.83 bits per heavy atom. The van der Waals surface area contributed by atoms with Crippen LogP contribution in [0.2, 0.25) is 0 Å². The Hall–Kier alpha value is -2.45. The van der Waals surface area contributed by atoms with Crippen molar-refractivity contribution in [1.82, 2.24) is 10.6 Å². The summed E-state index contributed by atoms with van der Waals surface area (Å²) < 4.78 is 0.436. The fraction of sp³-hybridized carbons (Fsp3) is 0.286. The number of benzene rings is 2. The molecule has 6 nitrogen and oxygen atoms in total. The Bertz CT molecular complexity index is 958. The lowest BCUT2D eigenvalue weighted by Crippen LogP contribution is -2.40. The number of urea groups is 1. The maximum Gasteiger partial charge on any atom is 0.322 e. The monoisotopic (exact) mass is 427 g/mol. The van der Waals surface area contributed by atoms with Crippen LogP contribution in [0.15, 0.2) is 48.5 Å². The van der Waals surface area contributed by atoms with Crippen LogP contribution in [-0.2, 0) is 10.3 Å². The van der Waals surface area contributed by atoms with Crippen LogP contribution >= 0.6 is 23.5 Å². The summed E-state index contributed by atoms with van der Waals surface area (Å²) in [5.74, 6) is 1.71. The van der Waals surface area contributed by atoms with Gasteiger partial charge in [0.15, 0.2) is 0 Å². The van der Waals surface area contributed by atoms with Crippen molar-refractivity contribution in [3.8, 4) is 0 Å². The Balaban J connectivity index is 1.47. The molecule has 2 aliphatic rings. The Kier molecular flexibility index (Phi) is 5.56. The highest BCUT2D eigenvalue weighted by Crippen LogP contribution is 2.43. The zero-order chi connectivity index (χ0) is 20.4. The summed E-state index contributed by atoms with van der Waals surface area (Å²) in [7, 11) is 0. The fourth-order valence-corrected chi connectivity index (χ4v) is 6.22. The van der Waals surface area contributed by atoms with Crippen molar-refractivity contribution < 1.29 is 14.4 Å². The van der Waals surface area contributed by atoms with Gasteiger partial charge in [0.05, 0.1) is 4.58 Å². The molecule has 0 aliphatic carbocycles. The molecule has 4 rings (SSSR count). The molecule has 0 saturated carbocycles. The minimum atomic E-state index is -1.16. The second-order valence-electron chi connectivity index (χ2n) is 7.12. The first-order valence-electron chi connectivity index (χ1n) is 9.34. The third-order valence-electron chi connectivity index (χ3n) is 5.01. The number of rotatable bonds is 4. The number of nitrogens with one attached hydrogen (secondary N) is 3. The molecule has 8 heteroatoms. The molecule has 0 spiro atoms. The molecule has 2 saturated heterocycles. The van der Waals surface area contributed by atoms with E-state index >= 15 is 0 Å². The summed E-state index contributed by atoms with van der Waals surface area (Å²) in [6.07, 6.45) is 1.25. The van der Waals surface area contributed by atoms with Crippen molar-refractivity contribution in [2.24, 2.45) is 0 Å². The topological polar surface area (TPSA) is 87.3 Å². The summed E-state index contributed by atoms with van der Waals surface area (Å²) >= 11 is 3.89. The van der Waals surface area contributed by atoms with Gasteiger partial charge in [0.2, 0.25) is 0 Å². The zero-order valence-corrected chi connectivity index (χ0v) is 17.5. The van der Waals surface area contributed by atoms with Gasteiger partial charge >= 0.3 is 6.03 Å². The molecule has 2 aromatic carbocycles. The number of carbonyl (C=O) groups is 3. The van der Waals surface area contributed by atoms with Crippen molar-refractivity contribution in [3.63, 3.8) is 0 Å². The van der Waals surface area contributed by atoms with Gasteiger partial charge in [0.1, 0.15) is 5.54 Å². The van der Waals surface area contributed by atoms with Crippen LogP contribution in [0.4, 0.5) is 10.5 Å². The Morgan fingerprint density at radius 3 is 2.48 bits per heavy atom. The highest BCUT2D eigenvalue weighted by Gasteiger charge is 2.43. The summed E-state index contributed by atoms with van der Waals surface area (Å²) in [6.45, 7) is 1.63. The first kappa shape index (κ1) is 19.8. The lowest BCUT2D eigenvalue weighted by Gasteiger charge is -2.22. The second kappa shape index (κ2) is 8.12. The lowest BCUT2D eigenvalue weighted by atomic mass is 9.92. The highest BCUT2D eigenvalue weighted by atomic mass is 32.2. The normalized spacial score (nSPS) is 22.1. The smallest absolute Gasteiger partial charge is 0.322 e. The van der Waals surface area contributed by atoms with E-state index in [1.165, 1.54) is 23.5 Å². The average molecular weight is 428 g/mol. The predicted molar refractivity (Wildman–Crippen MR) is 117 cm³/mol. The van der Waals surface area contributed by atoms with Crippen molar-refractivity contribution >= 4 is 47.1 Å². The molecule has 1 unspecified atom stereocenters. The van der Waals surface area contributed by atoms with Gasteiger partial charge in [-0.1, -0.05) is 24.3 Å². The van der Waals surface area contributed by atoms with Crippen molar-refractivity contribution in [2.75, 3.05) is 16.8 Å². The third kappa shape index (κ3) is 4.13. The number of amides is 4. The van der Waals surface area contributed by atoms with E-state index in [1.807, 2.05) is 47.8 Å². The quantitative estimate of drug-likeness (QED) is 0.645. The molecule has 2 fully saturated rings. The first-order valence-corrected chi connectivity index (χ1v) is 11.4. The zero-order valence-electron chi connectivity index (χ0n) is 15.9. The van der Waals surface area contributed by atoms with E-state index in [1.54, 1.807) is 31.2 Å². The van der Waals surface area contributed by atoms with E-state index in [0.29, 0.717) is 21.4 Å². The molecule has 29 heavy (non-hydrogen) atoms. The third-order valence-corrected chi connectivity index (χ3v) is 8.03. The number of hydrogen-bond donors (Lipinski definition) is 3. The molecule has 0 aromatic heterocycles. The number of anilines is 1. The molecular formula is C21H21N3O3S2. The molecule has 2 aliphatic heterocycles. The number of thioether (sulfide) groups is 2. The van der Waals surface area contributed by atoms with Crippen LogP contribution in [0.3, 0.4) is 0 Å². The van der Waals surface area contributed by atoms with E-state index in [0.717, 1.165) is 0 Å². The van der Waals surface area contributed by atoms with Crippen LogP contribution in [0.1, 0.15) is 39.4 Å². The first-order chi connectivity index (χ1) is 14.0. The summed E-state index contributed by atoms with van der Waals surface area (Å²) in [5.41, 5.74) is 1.80. The summed E-state index contributed by atoms with van der Waals surface area (Å²) in [6, 6.07) is 14.1. The highest BCUT2D eigenvalue weighted by molar-refractivity contribution is 8.16. The molecule has 2 aromatic rings. The number of hydrogen-bond acceptors (Lipinski definition) is 5. The lowest BCUT2D eigenvalue weighted by molar-refractivity contribution is -0.123. The predicted octanol–water partition coefficient (Wildman–Crippen LogP) is 3.86. The Morgan fingerprint density at radius 1 is 1.10 bits per heavy atom. The van der Waals surface area contributed by atoms with E-state index in [-0.39, 0.29) is 5.91 Å². The van der Waals surface area contributed by atoms with Gasteiger partial charge in [0.25, 0.3) is 11.8 Å². The number of imide groups is 1. The summed E-state index contributed by atoms with van der Waals surface area (Å²) in [5, 5.41) is 7.74. The van der Waals surface area contributed by atoms with Gasteiger partial charge in [-0.25, -0.2) is 4.79 Å². The van der Waals surface area contributed by atoms with Gasteiger partial charge < -0.3 is 10.6 Å². The molecular weight excluding hydrogens is 406 g/mol. The minimum absolute atomic E-state index is 0.220. The molecule has 2 heterocycles. The maximum atomic E-state index is 12.7. The molecule has 0 bridgehead atoms. The van der Waals surface area contributed by atoms with Gasteiger partial charge in [-0.2, -0.15) is 0 Å². The maximum absolute atomic E-state index is 12.7. The van der Waals surface area contributed by atoms with Crippen LogP contribution < -0.4 is 16.0 Å². The molecule has 3 N–H and O–H groups in total. The van der Waals surface area contributed by atoms with E-state index < -0.39 is 17.5 Å². The van der Waals surface area contributed by atoms with Crippen LogP contribution in [-0.4, -0.2) is 29.4 Å². The van der Waals surface area contributed by atoms with Crippen molar-refractivity contribution in [3.05, 3.63) is 65.2 Å². The van der Waals surface area contributed by atoms with Gasteiger partial charge in [-0.05, 0) is 60.2 Å². The van der Waals surface area contributed by atoms with Crippen molar-refractivity contribution in [1.29, 1.82) is 0 Å². The molecule has 4 amide bonds. The van der Waals surface area contributed by atoms with E-state index in [2.05, 4.69) is 16.0 Å². The van der Waals surface area contributed by atoms with E-state index in [9.17, 15) is 14.4 Å².